The molecule has 3 rings (SSSR count). The maximum absolute atomic E-state index is 12.4. The minimum Gasteiger partial charge on any atom is -0.486 e. The van der Waals surface area contributed by atoms with Crippen LogP contribution in [0, 0.1) is 17.0 Å². The number of ether oxygens (including phenoxy) is 1. The lowest BCUT2D eigenvalue weighted by Crippen LogP contribution is -2.28. The van der Waals surface area contributed by atoms with Gasteiger partial charge >= 0.3 is 11.7 Å². The number of nitrogens with one attached hydrogen (secondary N) is 1. The van der Waals surface area contributed by atoms with E-state index < -0.39 is 22.8 Å². The van der Waals surface area contributed by atoms with E-state index in [0.29, 0.717) is 17.2 Å². The molecule has 1 aromatic carbocycles. The molecule has 12 nitrogen and oxygen atoms in total. The molecular weight excluding hydrogens is 434 g/mol. The zero-order valence-electron chi connectivity index (χ0n) is 18.0. The van der Waals surface area contributed by atoms with Crippen molar-refractivity contribution < 1.29 is 28.8 Å². The highest BCUT2D eigenvalue weighted by atomic mass is 16.6. The van der Waals surface area contributed by atoms with Gasteiger partial charge in [0.2, 0.25) is 5.76 Å². The average Bonchev–Trinajstić information content (AvgIpc) is 3.42. The van der Waals surface area contributed by atoms with E-state index >= 15 is 0 Å². The molecule has 2 heterocycles. The second-order valence-corrected chi connectivity index (χ2v) is 7.07. The fraction of sp³-hybridized carbons (Fsp3) is 0.238. The maximum atomic E-state index is 12.4. The van der Waals surface area contributed by atoms with E-state index in [-0.39, 0.29) is 23.7 Å². The lowest BCUT2D eigenvalue weighted by Gasteiger charge is -2.10. The van der Waals surface area contributed by atoms with Crippen molar-refractivity contribution in [2.75, 3.05) is 0 Å². The highest BCUT2D eigenvalue weighted by molar-refractivity contribution is 5.99. The minimum atomic E-state index is -1.15. The molecule has 0 aliphatic heterocycles. The second-order valence-electron chi connectivity index (χ2n) is 7.07. The van der Waals surface area contributed by atoms with Gasteiger partial charge in [-0.15, -0.1) is 0 Å². The summed E-state index contributed by atoms with van der Waals surface area (Å²) in [5.74, 6) is -0.876. The number of nitrogens with zero attached hydrogens (tertiary/aromatic N) is 4. The molecule has 1 unspecified atom stereocenters. The zero-order valence-corrected chi connectivity index (χ0v) is 18.0. The molecule has 2 N–H and O–H groups in total. The number of nitro groups is 1. The molecule has 172 valence electrons. The van der Waals surface area contributed by atoms with E-state index in [9.17, 15) is 19.7 Å². The van der Waals surface area contributed by atoms with Gasteiger partial charge in [-0.3, -0.25) is 19.6 Å². The van der Waals surface area contributed by atoms with Crippen molar-refractivity contribution in [2.24, 2.45) is 5.10 Å². The first-order chi connectivity index (χ1) is 15.7. The second kappa shape index (κ2) is 9.77. The van der Waals surface area contributed by atoms with Crippen molar-refractivity contribution >= 4 is 23.3 Å². The standard InChI is InChI=1S/C21H21N5O7/c1-12(22-23-20(27)14(3)25-10-18(26(30)31)13(2)24-25)15-4-6-16(7-5-15)32-11-17-8-9-19(33-17)21(28)29/h4-10,14H,11H2,1-3H3,(H,23,27)(H,28,29). The van der Waals surface area contributed by atoms with Crippen LogP contribution in [0.5, 0.6) is 5.75 Å². The summed E-state index contributed by atoms with van der Waals surface area (Å²) in [7, 11) is 0. The van der Waals surface area contributed by atoms with Gasteiger partial charge in [0.1, 0.15) is 36.0 Å². The fourth-order valence-electron chi connectivity index (χ4n) is 2.78. The fourth-order valence-corrected chi connectivity index (χ4v) is 2.78. The molecule has 33 heavy (non-hydrogen) atoms. The van der Waals surface area contributed by atoms with Crippen molar-refractivity contribution in [1.29, 1.82) is 0 Å². The van der Waals surface area contributed by atoms with Gasteiger partial charge in [-0.25, -0.2) is 10.2 Å². The third-order valence-corrected chi connectivity index (χ3v) is 4.72. The van der Waals surface area contributed by atoms with E-state index in [2.05, 4.69) is 15.6 Å². The number of rotatable bonds is 9. The Morgan fingerprint density at radius 3 is 2.58 bits per heavy atom. The molecule has 3 aromatic rings. The zero-order chi connectivity index (χ0) is 24.1. The molecule has 0 bridgehead atoms. The van der Waals surface area contributed by atoms with Crippen LogP contribution in [-0.2, 0) is 11.4 Å². The van der Waals surface area contributed by atoms with Crippen molar-refractivity contribution in [1.82, 2.24) is 15.2 Å². The van der Waals surface area contributed by atoms with Crippen molar-refractivity contribution in [3.05, 3.63) is 75.5 Å². The van der Waals surface area contributed by atoms with Gasteiger partial charge in [0, 0.05) is 0 Å². The van der Waals surface area contributed by atoms with Crippen LogP contribution >= 0.6 is 0 Å². The number of amides is 1. The van der Waals surface area contributed by atoms with Gasteiger partial charge in [0.25, 0.3) is 5.91 Å². The molecule has 0 aliphatic carbocycles. The van der Waals surface area contributed by atoms with Crippen LogP contribution in [0.25, 0.3) is 0 Å². The number of hydrogen-bond donors (Lipinski definition) is 2. The summed E-state index contributed by atoms with van der Waals surface area (Å²) < 4.78 is 11.9. The van der Waals surface area contributed by atoms with E-state index in [1.165, 1.54) is 29.9 Å². The molecule has 0 fully saturated rings. The molecule has 0 spiro atoms. The predicted octanol–water partition coefficient (Wildman–Crippen LogP) is 3.07. The smallest absolute Gasteiger partial charge is 0.371 e. The van der Waals surface area contributed by atoms with Crippen LogP contribution in [0.4, 0.5) is 5.69 Å². The Morgan fingerprint density at radius 2 is 2.00 bits per heavy atom. The monoisotopic (exact) mass is 455 g/mol. The van der Waals surface area contributed by atoms with Crippen molar-refractivity contribution in [3.63, 3.8) is 0 Å². The first kappa shape index (κ1) is 23.2. The van der Waals surface area contributed by atoms with E-state index in [1.54, 1.807) is 38.1 Å². The van der Waals surface area contributed by atoms with Crippen LogP contribution < -0.4 is 10.2 Å². The summed E-state index contributed by atoms with van der Waals surface area (Å²) >= 11 is 0. The number of aryl methyl sites for hydroxylation is 1. The molecule has 1 atom stereocenters. The first-order valence-corrected chi connectivity index (χ1v) is 9.75. The lowest BCUT2D eigenvalue weighted by atomic mass is 10.1. The van der Waals surface area contributed by atoms with Crippen LogP contribution in [0.2, 0.25) is 0 Å². The van der Waals surface area contributed by atoms with Crippen molar-refractivity contribution in [3.8, 4) is 5.75 Å². The summed E-state index contributed by atoms with van der Waals surface area (Å²) in [5.41, 5.74) is 3.75. The number of benzene rings is 1. The highest BCUT2D eigenvalue weighted by Crippen LogP contribution is 2.19. The molecule has 0 radical (unpaired) electrons. The van der Waals surface area contributed by atoms with Crippen LogP contribution in [-0.4, -0.2) is 37.4 Å². The normalized spacial score (nSPS) is 12.3. The Morgan fingerprint density at radius 1 is 1.30 bits per heavy atom. The predicted molar refractivity (Wildman–Crippen MR) is 115 cm³/mol. The molecule has 1 amide bonds. The summed E-state index contributed by atoms with van der Waals surface area (Å²) in [6.45, 7) is 4.83. The molecule has 0 aliphatic rings. The number of furan rings is 1. The molecule has 0 saturated carbocycles. The quantitative estimate of drug-likeness (QED) is 0.282. The first-order valence-electron chi connectivity index (χ1n) is 9.75. The van der Waals surface area contributed by atoms with Gasteiger partial charge in [0.15, 0.2) is 0 Å². The minimum absolute atomic E-state index is 0.0682. The van der Waals surface area contributed by atoms with Gasteiger partial charge in [0.05, 0.1) is 10.6 Å². The van der Waals surface area contributed by atoms with Crippen LogP contribution in [0.1, 0.15) is 47.5 Å². The third-order valence-electron chi connectivity index (χ3n) is 4.72. The number of carboxylic acid groups (broad SMARTS) is 1. The topological polar surface area (TPSA) is 162 Å². The number of hydrazone groups is 1. The SMILES string of the molecule is CC(=NNC(=O)C(C)n1cc([N+](=O)[O-])c(C)n1)c1ccc(OCc2ccc(C(=O)O)o2)cc1. The van der Waals surface area contributed by atoms with Crippen LogP contribution in [0.3, 0.4) is 0 Å². The Hall–Kier alpha value is -4.48. The maximum Gasteiger partial charge on any atom is 0.371 e. The summed E-state index contributed by atoms with van der Waals surface area (Å²) in [6.07, 6.45) is 1.21. The lowest BCUT2D eigenvalue weighted by molar-refractivity contribution is -0.385. The number of hydrogen-bond acceptors (Lipinski definition) is 8. The number of carbonyl (C=O) groups is 2. The van der Waals surface area contributed by atoms with Crippen LogP contribution in [0.15, 0.2) is 52.1 Å². The van der Waals surface area contributed by atoms with Gasteiger partial charge in [-0.1, -0.05) is 0 Å². The van der Waals surface area contributed by atoms with E-state index in [4.69, 9.17) is 14.3 Å². The molecular formula is C21H21N5O7. The van der Waals surface area contributed by atoms with Gasteiger partial charge in [-0.05, 0) is 62.7 Å². The van der Waals surface area contributed by atoms with Crippen molar-refractivity contribution in [2.45, 2.75) is 33.4 Å². The summed E-state index contributed by atoms with van der Waals surface area (Å²) in [6, 6.07) is 8.98. The number of aromatic nitrogens is 2. The largest absolute Gasteiger partial charge is 0.486 e. The average molecular weight is 455 g/mol. The number of aromatic carboxylic acids is 1. The number of carbonyl (C=O) groups excluding carboxylic acids is 1. The van der Waals surface area contributed by atoms with Gasteiger partial charge < -0.3 is 14.3 Å². The Balaban J connectivity index is 1.57. The third kappa shape index (κ3) is 5.61. The van der Waals surface area contributed by atoms with Gasteiger partial charge in [-0.2, -0.15) is 10.2 Å². The van der Waals surface area contributed by atoms with E-state index in [1.807, 2.05) is 0 Å². The Kier molecular flexibility index (Phi) is 6.86. The van der Waals surface area contributed by atoms with E-state index in [0.717, 1.165) is 5.56 Å². The molecule has 2 aromatic heterocycles. The Labute approximate surface area is 187 Å². The molecule has 0 saturated heterocycles. The number of carboxylic acids is 1. The Bertz CT molecular complexity index is 1210. The molecule has 12 heteroatoms. The summed E-state index contributed by atoms with van der Waals surface area (Å²) in [4.78, 5) is 33.6. The highest BCUT2D eigenvalue weighted by Gasteiger charge is 2.22. The summed E-state index contributed by atoms with van der Waals surface area (Å²) in [5, 5.41) is 27.9.